The van der Waals surface area contributed by atoms with Gasteiger partial charge in [0.1, 0.15) is 0 Å². The molecule has 0 aromatic carbocycles. The van der Waals surface area contributed by atoms with Gasteiger partial charge < -0.3 is 14.7 Å². The van der Waals surface area contributed by atoms with E-state index in [1.165, 1.54) is 0 Å². The minimum absolute atomic E-state index is 0.0298. The van der Waals surface area contributed by atoms with Crippen LogP contribution in [-0.4, -0.2) is 86.5 Å². The fraction of sp³-hybridized carbons (Fsp3) is 0.917. The molecule has 2 saturated heterocycles. The summed E-state index contributed by atoms with van der Waals surface area (Å²) in [4.78, 5) is 18.1. The average Bonchev–Trinajstić information content (AvgIpc) is 2.77. The molecule has 2 aliphatic rings. The van der Waals surface area contributed by atoms with E-state index in [-0.39, 0.29) is 23.6 Å². The molecule has 0 bridgehead atoms. The zero-order valence-electron chi connectivity index (χ0n) is 11.7. The smallest absolute Gasteiger partial charge is 0.320 e. The molecule has 19 heavy (non-hydrogen) atoms. The molecule has 2 aliphatic heterocycles. The Hall–Kier alpha value is -0.820. The second-order valence-corrected chi connectivity index (χ2v) is 7.60. The number of nitrogens with zero attached hydrogens (tertiary/aromatic N) is 3. The van der Waals surface area contributed by atoms with Crippen molar-refractivity contribution in [2.24, 2.45) is 0 Å². The molecule has 2 rings (SSSR count). The molecule has 110 valence electrons. The van der Waals surface area contributed by atoms with E-state index in [4.69, 9.17) is 0 Å². The van der Waals surface area contributed by atoms with Crippen molar-refractivity contribution in [2.75, 3.05) is 51.3 Å². The van der Waals surface area contributed by atoms with E-state index in [0.717, 1.165) is 32.7 Å². The van der Waals surface area contributed by atoms with E-state index in [0.29, 0.717) is 6.42 Å². The first-order valence-electron chi connectivity index (χ1n) is 6.87. The molecule has 0 N–H and O–H groups in total. The van der Waals surface area contributed by atoms with E-state index in [9.17, 15) is 13.2 Å². The lowest BCUT2D eigenvalue weighted by molar-refractivity contribution is 0.113. The maximum atomic E-state index is 12.3. The second-order valence-electron chi connectivity index (χ2n) is 5.37. The zero-order chi connectivity index (χ0) is 14.0. The van der Waals surface area contributed by atoms with Gasteiger partial charge in [0.05, 0.1) is 11.5 Å². The molecule has 1 unspecified atom stereocenters. The molecule has 1 atom stereocenters. The Kier molecular flexibility index (Phi) is 4.35. The van der Waals surface area contributed by atoms with Crippen molar-refractivity contribution in [1.82, 2.24) is 14.7 Å². The summed E-state index contributed by atoms with van der Waals surface area (Å²) in [5.41, 5.74) is 0. The predicted molar refractivity (Wildman–Crippen MR) is 73.9 cm³/mol. The van der Waals surface area contributed by atoms with Gasteiger partial charge in [0, 0.05) is 39.3 Å². The van der Waals surface area contributed by atoms with Crippen LogP contribution < -0.4 is 0 Å². The lowest BCUT2D eigenvalue weighted by Gasteiger charge is -2.37. The second kappa shape index (κ2) is 5.66. The van der Waals surface area contributed by atoms with Gasteiger partial charge in [-0.05, 0) is 13.0 Å². The van der Waals surface area contributed by atoms with E-state index in [2.05, 4.69) is 11.8 Å². The van der Waals surface area contributed by atoms with Crippen molar-refractivity contribution < 1.29 is 13.2 Å². The lowest BCUT2D eigenvalue weighted by atomic mass is 10.2. The monoisotopic (exact) mass is 289 g/mol. The molecular formula is C12H23N3O3S. The van der Waals surface area contributed by atoms with Crippen LogP contribution >= 0.6 is 0 Å². The summed E-state index contributed by atoms with van der Waals surface area (Å²) in [6.07, 6.45) is 0.569. The Bertz CT molecular complexity index is 430. The number of hydrogen-bond acceptors (Lipinski definition) is 4. The SMILES string of the molecule is CCN1CCN(C(=O)N(C)C2CCS(=O)(=O)C2)CC1. The average molecular weight is 289 g/mol. The molecule has 0 spiro atoms. The van der Waals surface area contributed by atoms with Crippen molar-refractivity contribution in [3.05, 3.63) is 0 Å². The number of carbonyl (C=O) groups excluding carboxylic acids is 1. The predicted octanol–water partition coefficient (Wildman–Crippen LogP) is -0.137. The minimum Gasteiger partial charge on any atom is -0.324 e. The van der Waals surface area contributed by atoms with Crippen LogP contribution in [0.3, 0.4) is 0 Å². The summed E-state index contributed by atoms with van der Waals surface area (Å²) in [5, 5.41) is 0. The van der Waals surface area contributed by atoms with Crippen molar-refractivity contribution in [1.29, 1.82) is 0 Å². The quantitative estimate of drug-likeness (QED) is 0.710. The van der Waals surface area contributed by atoms with Crippen LogP contribution in [0.1, 0.15) is 13.3 Å². The lowest BCUT2D eigenvalue weighted by Crippen LogP contribution is -2.53. The minimum atomic E-state index is -2.94. The number of carbonyl (C=O) groups is 1. The van der Waals surface area contributed by atoms with Crippen molar-refractivity contribution >= 4 is 15.9 Å². The molecule has 0 radical (unpaired) electrons. The molecule has 0 aromatic heterocycles. The summed E-state index contributed by atoms with van der Waals surface area (Å²) < 4.78 is 22.9. The third-order valence-corrected chi connectivity index (χ3v) is 5.90. The highest BCUT2D eigenvalue weighted by Gasteiger charge is 2.34. The van der Waals surface area contributed by atoms with Crippen molar-refractivity contribution in [2.45, 2.75) is 19.4 Å². The van der Waals surface area contributed by atoms with E-state index in [1.807, 2.05) is 4.90 Å². The molecule has 0 aromatic rings. The van der Waals surface area contributed by atoms with Gasteiger partial charge in [0.25, 0.3) is 0 Å². The van der Waals surface area contributed by atoms with Gasteiger partial charge in [0.15, 0.2) is 9.84 Å². The van der Waals surface area contributed by atoms with Crippen LogP contribution in [0.5, 0.6) is 0 Å². The van der Waals surface area contributed by atoms with Crippen LogP contribution in [0.15, 0.2) is 0 Å². The fourth-order valence-corrected chi connectivity index (χ4v) is 4.49. The Morgan fingerprint density at radius 3 is 2.37 bits per heavy atom. The molecule has 0 aliphatic carbocycles. The fourth-order valence-electron chi connectivity index (χ4n) is 2.72. The van der Waals surface area contributed by atoms with Gasteiger partial charge in [-0.15, -0.1) is 0 Å². The molecule has 0 saturated carbocycles. The number of amides is 2. The van der Waals surface area contributed by atoms with Gasteiger partial charge in [-0.1, -0.05) is 6.92 Å². The van der Waals surface area contributed by atoms with Gasteiger partial charge in [0.2, 0.25) is 0 Å². The number of rotatable bonds is 2. The molecule has 7 heteroatoms. The van der Waals surface area contributed by atoms with Gasteiger partial charge in [-0.2, -0.15) is 0 Å². The van der Waals surface area contributed by atoms with E-state index < -0.39 is 9.84 Å². The first-order valence-corrected chi connectivity index (χ1v) is 8.69. The Morgan fingerprint density at radius 1 is 1.26 bits per heavy atom. The maximum absolute atomic E-state index is 12.3. The van der Waals surface area contributed by atoms with Crippen molar-refractivity contribution in [3.8, 4) is 0 Å². The highest BCUT2D eigenvalue weighted by molar-refractivity contribution is 7.91. The third-order valence-electron chi connectivity index (χ3n) is 4.15. The highest BCUT2D eigenvalue weighted by atomic mass is 32.2. The number of likely N-dealkylation sites (N-methyl/N-ethyl adjacent to an activating group) is 1. The van der Waals surface area contributed by atoms with Crippen LogP contribution in [-0.2, 0) is 9.84 Å². The Morgan fingerprint density at radius 2 is 1.89 bits per heavy atom. The molecule has 2 fully saturated rings. The third kappa shape index (κ3) is 3.39. The maximum Gasteiger partial charge on any atom is 0.320 e. The zero-order valence-corrected chi connectivity index (χ0v) is 12.5. The first-order chi connectivity index (χ1) is 8.93. The Balaban J connectivity index is 1.90. The molecule has 6 nitrogen and oxygen atoms in total. The molecular weight excluding hydrogens is 266 g/mol. The van der Waals surface area contributed by atoms with Gasteiger partial charge in [-0.3, -0.25) is 0 Å². The topological polar surface area (TPSA) is 60.9 Å². The summed E-state index contributed by atoms with van der Waals surface area (Å²) in [6, 6.07) is -0.181. The Labute approximate surface area is 115 Å². The van der Waals surface area contributed by atoms with Crippen LogP contribution in [0, 0.1) is 0 Å². The number of sulfone groups is 1. The summed E-state index contributed by atoms with van der Waals surface area (Å²) >= 11 is 0. The van der Waals surface area contributed by atoms with E-state index in [1.54, 1.807) is 11.9 Å². The van der Waals surface area contributed by atoms with E-state index >= 15 is 0 Å². The largest absolute Gasteiger partial charge is 0.324 e. The normalized spacial score (nSPS) is 27.5. The van der Waals surface area contributed by atoms with Crippen LogP contribution in [0.2, 0.25) is 0 Å². The van der Waals surface area contributed by atoms with Gasteiger partial charge >= 0.3 is 6.03 Å². The van der Waals surface area contributed by atoms with Crippen LogP contribution in [0.4, 0.5) is 4.79 Å². The molecule has 2 heterocycles. The highest BCUT2D eigenvalue weighted by Crippen LogP contribution is 2.18. The molecule has 2 amide bonds. The number of urea groups is 1. The number of piperazine rings is 1. The van der Waals surface area contributed by atoms with Crippen LogP contribution in [0.25, 0.3) is 0 Å². The number of hydrogen-bond donors (Lipinski definition) is 0. The summed E-state index contributed by atoms with van der Waals surface area (Å²) in [5.74, 6) is 0.322. The summed E-state index contributed by atoms with van der Waals surface area (Å²) in [7, 11) is -1.22. The summed E-state index contributed by atoms with van der Waals surface area (Å²) in [6.45, 7) is 6.40. The van der Waals surface area contributed by atoms with Gasteiger partial charge in [-0.25, -0.2) is 13.2 Å². The first kappa shape index (κ1) is 14.6. The van der Waals surface area contributed by atoms with Crippen molar-refractivity contribution in [3.63, 3.8) is 0 Å². The standard InChI is InChI=1S/C12H23N3O3S/c1-3-14-5-7-15(8-6-14)12(16)13(2)11-4-9-19(17,18)10-11/h11H,3-10H2,1-2H3.